The van der Waals surface area contributed by atoms with E-state index in [1.807, 2.05) is 11.4 Å². The van der Waals surface area contributed by atoms with Crippen molar-refractivity contribution in [1.29, 1.82) is 0 Å². The second-order valence-corrected chi connectivity index (χ2v) is 5.10. The molecule has 2 aromatic heterocycles. The molecule has 6 nitrogen and oxygen atoms in total. The molecule has 0 aliphatic carbocycles. The molecule has 2 heterocycles. The lowest BCUT2D eigenvalue weighted by atomic mass is 10.2. The van der Waals surface area contributed by atoms with Crippen molar-refractivity contribution in [3.63, 3.8) is 0 Å². The number of hydrogen-bond acceptors (Lipinski definition) is 5. The Bertz CT molecular complexity index is 676. The third-order valence-electron chi connectivity index (χ3n) is 2.80. The number of pyridine rings is 1. The number of nitrogens with zero attached hydrogens (tertiary/aromatic N) is 2. The van der Waals surface area contributed by atoms with Crippen LogP contribution >= 0.6 is 11.3 Å². The Morgan fingerprint density at radius 2 is 2.15 bits per heavy atom. The minimum absolute atomic E-state index is 0.0264. The van der Waals surface area contributed by atoms with Crippen molar-refractivity contribution in [2.75, 3.05) is 0 Å². The number of aromatic nitrogens is 1. The van der Waals surface area contributed by atoms with E-state index >= 15 is 0 Å². The van der Waals surface area contributed by atoms with Gasteiger partial charge >= 0.3 is 11.2 Å². The molecule has 104 valence electrons. The third kappa shape index (κ3) is 3.18. The van der Waals surface area contributed by atoms with Crippen LogP contribution in [-0.2, 0) is 6.54 Å². The first-order valence-electron chi connectivity index (χ1n) is 6.00. The summed E-state index contributed by atoms with van der Waals surface area (Å²) in [5.74, 6) is 0.0264. The van der Waals surface area contributed by atoms with Gasteiger partial charge in [0.25, 0.3) is 0 Å². The van der Waals surface area contributed by atoms with Crippen molar-refractivity contribution in [1.82, 2.24) is 4.57 Å². The van der Waals surface area contributed by atoms with Crippen LogP contribution in [0, 0.1) is 10.1 Å². The highest BCUT2D eigenvalue weighted by Crippen LogP contribution is 2.12. The molecule has 0 unspecified atom stereocenters. The largest absolute Gasteiger partial charge is 0.334 e. The van der Waals surface area contributed by atoms with Crippen molar-refractivity contribution >= 4 is 22.8 Å². The highest BCUT2D eigenvalue weighted by molar-refractivity contribution is 7.12. The Morgan fingerprint density at radius 3 is 2.80 bits per heavy atom. The standard InChI is InChI=1S/C13H12N2O4S/c16-11(12-6-3-9-20-12)5-2-8-14-7-1-4-10(13(14)17)15(18)19/h1,3-4,6-7,9H,2,5,8H2. The molecule has 0 atom stereocenters. The summed E-state index contributed by atoms with van der Waals surface area (Å²) < 4.78 is 1.26. The van der Waals surface area contributed by atoms with Crippen LogP contribution in [0.1, 0.15) is 22.5 Å². The lowest BCUT2D eigenvalue weighted by Crippen LogP contribution is -2.22. The summed E-state index contributed by atoms with van der Waals surface area (Å²) in [5.41, 5.74) is -1.09. The lowest BCUT2D eigenvalue weighted by Gasteiger charge is -2.04. The average Bonchev–Trinajstić information content (AvgIpc) is 2.94. The number of nitro groups is 1. The van der Waals surface area contributed by atoms with E-state index in [-0.39, 0.29) is 12.3 Å². The Morgan fingerprint density at radius 1 is 1.35 bits per heavy atom. The van der Waals surface area contributed by atoms with E-state index in [9.17, 15) is 19.7 Å². The quantitative estimate of drug-likeness (QED) is 0.465. The minimum atomic E-state index is -0.699. The van der Waals surface area contributed by atoms with Crippen LogP contribution in [0.5, 0.6) is 0 Å². The molecule has 0 aliphatic heterocycles. The number of hydrogen-bond donors (Lipinski definition) is 0. The first-order valence-corrected chi connectivity index (χ1v) is 6.88. The number of carbonyl (C=O) groups is 1. The van der Waals surface area contributed by atoms with Crippen LogP contribution in [0.2, 0.25) is 0 Å². The van der Waals surface area contributed by atoms with Crippen LogP contribution in [0.3, 0.4) is 0 Å². The maximum Gasteiger partial charge on any atom is 0.334 e. The van der Waals surface area contributed by atoms with Gasteiger partial charge in [-0.15, -0.1) is 11.3 Å². The van der Waals surface area contributed by atoms with Crippen molar-refractivity contribution in [2.24, 2.45) is 0 Å². The summed E-state index contributed by atoms with van der Waals surface area (Å²) in [6.45, 7) is 0.289. The van der Waals surface area contributed by atoms with Gasteiger partial charge in [0.05, 0.1) is 9.80 Å². The lowest BCUT2D eigenvalue weighted by molar-refractivity contribution is -0.386. The molecular weight excluding hydrogens is 280 g/mol. The van der Waals surface area contributed by atoms with Gasteiger partial charge < -0.3 is 4.57 Å². The Hall–Kier alpha value is -2.28. The van der Waals surface area contributed by atoms with Crippen molar-refractivity contribution in [2.45, 2.75) is 19.4 Å². The number of Topliss-reactive ketones (excluding diaryl/α,β-unsaturated/α-hetero) is 1. The molecule has 0 bridgehead atoms. The fourth-order valence-corrected chi connectivity index (χ4v) is 2.50. The third-order valence-corrected chi connectivity index (χ3v) is 3.71. The van der Waals surface area contributed by atoms with Crippen LogP contribution < -0.4 is 5.56 Å². The SMILES string of the molecule is O=C(CCCn1cccc([N+](=O)[O-])c1=O)c1cccs1. The van der Waals surface area contributed by atoms with Gasteiger partial charge in [-0.05, 0) is 23.9 Å². The van der Waals surface area contributed by atoms with Gasteiger partial charge in [-0.2, -0.15) is 0 Å². The number of carbonyl (C=O) groups excluding carboxylic acids is 1. The second kappa shape index (κ2) is 6.25. The molecular formula is C13H12N2O4S. The smallest absolute Gasteiger partial charge is 0.310 e. The first-order chi connectivity index (χ1) is 9.59. The summed E-state index contributed by atoms with van der Waals surface area (Å²) >= 11 is 1.38. The normalized spacial score (nSPS) is 10.4. The number of rotatable bonds is 6. The fourth-order valence-electron chi connectivity index (χ4n) is 1.81. The van der Waals surface area contributed by atoms with Gasteiger partial charge in [0.15, 0.2) is 5.78 Å². The van der Waals surface area contributed by atoms with Crippen LogP contribution in [0.25, 0.3) is 0 Å². The Kier molecular flexibility index (Phi) is 4.41. The van der Waals surface area contributed by atoms with Gasteiger partial charge in [0.1, 0.15) is 0 Å². The molecule has 2 rings (SSSR count). The van der Waals surface area contributed by atoms with Crippen LogP contribution in [0.4, 0.5) is 5.69 Å². The van der Waals surface area contributed by atoms with Gasteiger partial charge in [-0.25, -0.2) is 0 Å². The number of aryl methyl sites for hydroxylation is 1. The van der Waals surface area contributed by atoms with E-state index < -0.39 is 16.2 Å². The molecule has 0 aliphatic rings. The monoisotopic (exact) mass is 292 g/mol. The molecule has 0 amide bonds. The van der Waals surface area contributed by atoms with Gasteiger partial charge in [-0.3, -0.25) is 19.7 Å². The Labute approximate surface area is 118 Å². The zero-order valence-electron chi connectivity index (χ0n) is 10.5. The molecule has 0 N–H and O–H groups in total. The molecule has 20 heavy (non-hydrogen) atoms. The maximum absolute atomic E-state index is 11.8. The summed E-state index contributed by atoms with van der Waals surface area (Å²) in [4.78, 5) is 34.2. The highest BCUT2D eigenvalue weighted by atomic mass is 32.1. The highest BCUT2D eigenvalue weighted by Gasteiger charge is 2.13. The van der Waals surface area contributed by atoms with Crippen LogP contribution in [0.15, 0.2) is 40.6 Å². The molecule has 0 aromatic carbocycles. The van der Waals surface area contributed by atoms with E-state index in [2.05, 4.69) is 0 Å². The Balaban J connectivity index is 1.98. The fraction of sp³-hybridized carbons (Fsp3) is 0.231. The molecule has 0 saturated carbocycles. The van der Waals surface area contributed by atoms with Crippen LogP contribution in [-0.4, -0.2) is 15.3 Å². The van der Waals surface area contributed by atoms with E-state index in [1.165, 1.54) is 34.2 Å². The summed E-state index contributed by atoms with van der Waals surface area (Å²) in [6, 6.07) is 6.20. The van der Waals surface area contributed by atoms with Gasteiger partial charge in [-0.1, -0.05) is 6.07 Å². The van der Waals surface area contributed by atoms with E-state index in [4.69, 9.17) is 0 Å². The predicted molar refractivity (Wildman–Crippen MR) is 75.2 cm³/mol. The molecule has 0 spiro atoms. The van der Waals surface area contributed by atoms with Gasteiger partial charge in [0, 0.05) is 25.2 Å². The van der Waals surface area contributed by atoms with E-state index in [0.29, 0.717) is 17.7 Å². The second-order valence-electron chi connectivity index (χ2n) is 4.15. The summed E-state index contributed by atoms with van der Waals surface area (Å²) in [7, 11) is 0. The number of ketones is 1. The van der Waals surface area contributed by atoms with Crippen molar-refractivity contribution in [3.8, 4) is 0 Å². The first kappa shape index (κ1) is 14.1. The van der Waals surface area contributed by atoms with E-state index in [1.54, 1.807) is 6.07 Å². The maximum atomic E-state index is 11.8. The molecule has 0 saturated heterocycles. The summed E-state index contributed by atoms with van der Waals surface area (Å²) in [5, 5.41) is 12.5. The number of thiophene rings is 1. The molecule has 2 aromatic rings. The van der Waals surface area contributed by atoms with Crippen molar-refractivity contribution < 1.29 is 9.72 Å². The zero-order valence-corrected chi connectivity index (χ0v) is 11.3. The van der Waals surface area contributed by atoms with E-state index in [0.717, 1.165) is 0 Å². The predicted octanol–water partition coefficient (Wildman–Crippen LogP) is 2.48. The molecule has 0 fully saturated rings. The van der Waals surface area contributed by atoms with Gasteiger partial charge in [0.2, 0.25) is 0 Å². The van der Waals surface area contributed by atoms with Crippen molar-refractivity contribution in [3.05, 3.63) is 61.2 Å². The molecule has 7 heteroatoms. The minimum Gasteiger partial charge on any atom is -0.310 e. The zero-order chi connectivity index (χ0) is 14.5. The molecule has 0 radical (unpaired) electrons. The average molecular weight is 292 g/mol. The topological polar surface area (TPSA) is 82.2 Å². The summed E-state index contributed by atoms with van der Waals surface area (Å²) in [6.07, 6.45) is 2.28.